The predicted molar refractivity (Wildman–Crippen MR) is 95.1 cm³/mol. The van der Waals surface area contributed by atoms with E-state index in [4.69, 9.17) is 5.73 Å². The molecular formula is C17H19N5OS. The second kappa shape index (κ2) is 6.68. The largest absolute Gasteiger partial charge is 0.379 e. The van der Waals surface area contributed by atoms with E-state index in [1.54, 1.807) is 24.2 Å². The highest BCUT2D eigenvalue weighted by atomic mass is 32.2. The highest BCUT2D eigenvalue weighted by molar-refractivity contribution is 8.13. The van der Waals surface area contributed by atoms with Gasteiger partial charge in [0.25, 0.3) is 0 Å². The summed E-state index contributed by atoms with van der Waals surface area (Å²) in [5.41, 5.74) is 8.33. The molecule has 0 aliphatic carbocycles. The molecule has 0 aromatic carbocycles. The monoisotopic (exact) mass is 341 g/mol. The van der Waals surface area contributed by atoms with Crippen LogP contribution in [0.5, 0.6) is 0 Å². The second-order valence-corrected chi connectivity index (χ2v) is 7.13. The Bertz CT molecular complexity index is 790. The summed E-state index contributed by atoms with van der Waals surface area (Å²) >= 11 is 1.56. The topological polar surface area (TPSA) is 94.1 Å². The lowest BCUT2D eigenvalue weighted by molar-refractivity contribution is 0.0987. The third kappa shape index (κ3) is 3.62. The smallest absolute Gasteiger partial charge is 0.187 e. The third-order valence-electron chi connectivity index (χ3n) is 4.00. The highest BCUT2D eigenvalue weighted by Crippen LogP contribution is 2.34. The van der Waals surface area contributed by atoms with Gasteiger partial charge in [0.1, 0.15) is 11.2 Å². The Hall–Kier alpha value is -2.28. The minimum Gasteiger partial charge on any atom is -0.379 e. The number of nitrogens with two attached hydrogens (primary N) is 1. The van der Waals surface area contributed by atoms with Crippen LogP contribution >= 0.6 is 11.8 Å². The van der Waals surface area contributed by atoms with Crippen LogP contribution in [0, 0.1) is 6.92 Å². The van der Waals surface area contributed by atoms with Crippen molar-refractivity contribution < 1.29 is 4.79 Å². The summed E-state index contributed by atoms with van der Waals surface area (Å²) in [6.45, 7) is 3.87. The number of carbonyl (C=O) groups is 1. The van der Waals surface area contributed by atoms with Crippen molar-refractivity contribution in [3.63, 3.8) is 0 Å². The predicted octanol–water partition coefficient (Wildman–Crippen LogP) is 2.27. The summed E-state index contributed by atoms with van der Waals surface area (Å²) in [6, 6.07) is 3.78. The second-order valence-electron chi connectivity index (χ2n) is 6.01. The van der Waals surface area contributed by atoms with Crippen LogP contribution < -0.4 is 5.73 Å². The zero-order chi connectivity index (χ0) is 17.2. The fraction of sp³-hybridized carbons (Fsp3) is 0.353. The first-order valence-corrected chi connectivity index (χ1v) is 8.70. The SMILES string of the molecule is Cc1cnc(C(=O)Cc2ccnc([C@]3(C)CCSC(N)=N3)c2)cn1. The van der Waals surface area contributed by atoms with Crippen LogP contribution in [0.15, 0.2) is 35.7 Å². The summed E-state index contributed by atoms with van der Waals surface area (Å²) in [7, 11) is 0. The van der Waals surface area contributed by atoms with Gasteiger partial charge in [-0.15, -0.1) is 0 Å². The number of thioether (sulfide) groups is 1. The molecule has 0 saturated carbocycles. The third-order valence-corrected chi connectivity index (χ3v) is 4.80. The number of aromatic nitrogens is 3. The van der Waals surface area contributed by atoms with Crippen molar-refractivity contribution in [1.29, 1.82) is 0 Å². The van der Waals surface area contributed by atoms with Gasteiger partial charge in [0.15, 0.2) is 11.0 Å². The number of ketones is 1. The van der Waals surface area contributed by atoms with Crippen molar-refractivity contribution in [1.82, 2.24) is 15.0 Å². The quantitative estimate of drug-likeness (QED) is 0.857. The molecule has 0 spiro atoms. The van der Waals surface area contributed by atoms with Crippen LogP contribution in [0.1, 0.15) is 40.8 Å². The number of hydrogen-bond acceptors (Lipinski definition) is 7. The van der Waals surface area contributed by atoms with E-state index in [-0.39, 0.29) is 12.2 Å². The van der Waals surface area contributed by atoms with Gasteiger partial charge in [-0.25, -0.2) is 9.98 Å². The minimum atomic E-state index is -0.432. The van der Waals surface area contributed by atoms with E-state index in [0.717, 1.165) is 29.1 Å². The number of aliphatic imine (C=N–C) groups is 1. The fourth-order valence-corrected chi connectivity index (χ4v) is 3.54. The first-order valence-electron chi connectivity index (χ1n) is 7.72. The normalized spacial score (nSPS) is 20.5. The number of amidine groups is 1. The molecule has 2 N–H and O–H groups in total. The van der Waals surface area contributed by atoms with Gasteiger partial charge >= 0.3 is 0 Å². The standard InChI is InChI=1S/C17H19N5OS/c1-11-9-21-13(10-20-11)14(23)7-12-3-5-19-15(8-12)17(2)4-6-24-16(18)22-17/h3,5,8-10H,4,6-7H2,1-2H3,(H2,18,22)/t17-/m0/s1. The minimum absolute atomic E-state index is 0.0629. The molecule has 1 atom stereocenters. The summed E-state index contributed by atoms with van der Waals surface area (Å²) in [6.07, 6.45) is 5.97. The molecule has 6 nitrogen and oxygen atoms in total. The molecular weight excluding hydrogens is 322 g/mol. The van der Waals surface area contributed by atoms with Gasteiger partial charge in [0, 0.05) is 24.6 Å². The molecule has 0 saturated heterocycles. The van der Waals surface area contributed by atoms with Gasteiger partial charge in [-0.05, 0) is 38.0 Å². The number of hydrogen-bond donors (Lipinski definition) is 1. The Morgan fingerprint density at radius 1 is 1.33 bits per heavy atom. The maximum atomic E-state index is 12.4. The van der Waals surface area contributed by atoms with Crippen molar-refractivity contribution in [2.24, 2.45) is 10.7 Å². The maximum absolute atomic E-state index is 12.4. The maximum Gasteiger partial charge on any atom is 0.187 e. The summed E-state index contributed by atoms with van der Waals surface area (Å²) in [5.74, 6) is 0.849. The summed E-state index contributed by atoms with van der Waals surface area (Å²) < 4.78 is 0. The molecule has 3 rings (SSSR count). The van der Waals surface area contributed by atoms with Crippen molar-refractivity contribution in [2.75, 3.05) is 5.75 Å². The molecule has 124 valence electrons. The lowest BCUT2D eigenvalue weighted by Crippen LogP contribution is -2.29. The van der Waals surface area contributed by atoms with Crippen LogP contribution in [0.4, 0.5) is 0 Å². The number of nitrogens with zero attached hydrogens (tertiary/aromatic N) is 4. The average molecular weight is 341 g/mol. The number of aryl methyl sites for hydroxylation is 1. The van der Waals surface area contributed by atoms with Gasteiger partial charge in [-0.3, -0.25) is 14.8 Å². The molecule has 0 bridgehead atoms. The summed E-state index contributed by atoms with van der Waals surface area (Å²) in [5, 5.41) is 0.585. The number of rotatable bonds is 4. The lowest BCUT2D eigenvalue weighted by Gasteiger charge is -2.28. The molecule has 1 aliphatic heterocycles. The van der Waals surface area contributed by atoms with Gasteiger partial charge in [0.05, 0.1) is 17.6 Å². The zero-order valence-electron chi connectivity index (χ0n) is 13.7. The first-order chi connectivity index (χ1) is 11.5. The van der Waals surface area contributed by atoms with Crippen LogP contribution in [-0.2, 0) is 12.0 Å². The van der Waals surface area contributed by atoms with Gasteiger partial charge in [0.2, 0.25) is 0 Å². The molecule has 0 amide bonds. The molecule has 0 unspecified atom stereocenters. The van der Waals surface area contributed by atoms with Gasteiger partial charge in [-0.1, -0.05) is 11.8 Å². The van der Waals surface area contributed by atoms with Crippen molar-refractivity contribution in [3.05, 3.63) is 53.4 Å². The van der Waals surface area contributed by atoms with E-state index in [0.29, 0.717) is 10.9 Å². The number of pyridine rings is 1. The van der Waals surface area contributed by atoms with Crippen molar-refractivity contribution in [3.8, 4) is 0 Å². The Kier molecular flexibility index (Phi) is 4.62. The van der Waals surface area contributed by atoms with E-state index >= 15 is 0 Å². The van der Waals surface area contributed by atoms with E-state index < -0.39 is 5.54 Å². The van der Waals surface area contributed by atoms with Gasteiger partial charge < -0.3 is 5.73 Å². The number of Topliss-reactive ketones (excluding diaryl/α,β-unsaturated/α-hetero) is 1. The zero-order valence-corrected chi connectivity index (χ0v) is 14.5. The lowest BCUT2D eigenvalue weighted by atomic mass is 9.93. The highest BCUT2D eigenvalue weighted by Gasteiger charge is 2.31. The molecule has 0 radical (unpaired) electrons. The van der Waals surface area contributed by atoms with E-state index in [2.05, 4.69) is 19.9 Å². The average Bonchev–Trinajstić information content (AvgIpc) is 2.55. The number of carbonyl (C=O) groups excluding carboxylic acids is 1. The van der Waals surface area contributed by atoms with Crippen LogP contribution in [0.2, 0.25) is 0 Å². The molecule has 24 heavy (non-hydrogen) atoms. The Morgan fingerprint density at radius 3 is 2.88 bits per heavy atom. The molecule has 2 aromatic heterocycles. The molecule has 1 aliphatic rings. The molecule has 3 heterocycles. The van der Waals surface area contributed by atoms with Gasteiger partial charge in [-0.2, -0.15) is 0 Å². The fourth-order valence-electron chi connectivity index (χ4n) is 2.56. The van der Waals surface area contributed by atoms with E-state index in [9.17, 15) is 4.79 Å². The van der Waals surface area contributed by atoms with Crippen LogP contribution in [-0.4, -0.2) is 31.7 Å². The van der Waals surface area contributed by atoms with E-state index in [1.165, 1.54) is 6.20 Å². The van der Waals surface area contributed by atoms with Crippen molar-refractivity contribution >= 4 is 22.7 Å². The molecule has 2 aromatic rings. The molecule has 7 heteroatoms. The summed E-state index contributed by atoms with van der Waals surface area (Å²) in [4.78, 5) is 29.6. The Labute approximate surface area is 145 Å². The van der Waals surface area contributed by atoms with Crippen molar-refractivity contribution in [2.45, 2.75) is 32.2 Å². The first kappa shape index (κ1) is 16.6. The van der Waals surface area contributed by atoms with Crippen LogP contribution in [0.3, 0.4) is 0 Å². The van der Waals surface area contributed by atoms with Crippen LogP contribution in [0.25, 0.3) is 0 Å². The van der Waals surface area contributed by atoms with E-state index in [1.807, 2.05) is 26.0 Å². The molecule has 0 fully saturated rings. The Morgan fingerprint density at radius 2 is 2.17 bits per heavy atom. The Balaban J connectivity index is 1.82.